The third kappa shape index (κ3) is 5.31. The summed E-state index contributed by atoms with van der Waals surface area (Å²) < 4.78 is 0. The van der Waals surface area contributed by atoms with Gasteiger partial charge in [-0.15, -0.1) is 0 Å². The van der Waals surface area contributed by atoms with Gasteiger partial charge >= 0.3 is 0 Å². The fourth-order valence-electron chi connectivity index (χ4n) is 2.66. The van der Waals surface area contributed by atoms with Gasteiger partial charge < -0.3 is 10.4 Å². The van der Waals surface area contributed by atoms with Crippen LogP contribution in [-0.4, -0.2) is 24.3 Å². The number of aliphatic hydroxyl groups is 1. The molecule has 1 rings (SSSR count). The van der Waals surface area contributed by atoms with Crippen LogP contribution in [0.2, 0.25) is 0 Å². The first-order valence-corrected chi connectivity index (χ1v) is 7.10. The summed E-state index contributed by atoms with van der Waals surface area (Å²) in [6.45, 7) is 6.03. The van der Waals surface area contributed by atoms with E-state index in [0.29, 0.717) is 12.5 Å². The van der Waals surface area contributed by atoms with Crippen molar-refractivity contribution in [2.45, 2.75) is 64.8 Å². The van der Waals surface area contributed by atoms with Crippen molar-refractivity contribution in [3.05, 3.63) is 0 Å². The maximum absolute atomic E-state index is 8.96. The van der Waals surface area contributed by atoms with Crippen LogP contribution < -0.4 is 5.32 Å². The zero-order valence-corrected chi connectivity index (χ0v) is 11.0. The molecular weight excluding hydrogens is 198 g/mol. The van der Waals surface area contributed by atoms with E-state index in [0.717, 1.165) is 24.9 Å². The molecular formula is C14H29NO. The van der Waals surface area contributed by atoms with E-state index in [4.69, 9.17) is 5.11 Å². The van der Waals surface area contributed by atoms with Gasteiger partial charge in [0.05, 0.1) is 0 Å². The van der Waals surface area contributed by atoms with Crippen LogP contribution >= 0.6 is 0 Å². The van der Waals surface area contributed by atoms with Gasteiger partial charge in [-0.1, -0.05) is 33.1 Å². The number of aliphatic hydroxyl groups excluding tert-OH is 1. The molecule has 96 valence electrons. The molecule has 0 amide bonds. The van der Waals surface area contributed by atoms with Gasteiger partial charge in [0.25, 0.3) is 0 Å². The van der Waals surface area contributed by atoms with Gasteiger partial charge in [0.15, 0.2) is 0 Å². The maximum Gasteiger partial charge on any atom is 0.0434 e. The van der Waals surface area contributed by atoms with Crippen molar-refractivity contribution < 1.29 is 5.11 Å². The average molecular weight is 227 g/mol. The third-order valence-corrected chi connectivity index (χ3v) is 4.07. The molecule has 1 fully saturated rings. The Kier molecular flexibility index (Phi) is 7.06. The molecule has 1 aliphatic rings. The molecule has 0 aromatic rings. The summed E-state index contributed by atoms with van der Waals surface area (Å²) in [5.41, 5.74) is 0. The van der Waals surface area contributed by atoms with Crippen molar-refractivity contribution in [1.29, 1.82) is 0 Å². The molecule has 0 spiro atoms. The van der Waals surface area contributed by atoms with Crippen molar-refractivity contribution in [3.63, 3.8) is 0 Å². The van der Waals surface area contributed by atoms with Gasteiger partial charge in [0.1, 0.15) is 0 Å². The molecule has 2 nitrogen and oxygen atoms in total. The number of nitrogens with one attached hydrogen (secondary N) is 1. The first kappa shape index (κ1) is 14.0. The highest BCUT2D eigenvalue weighted by molar-refractivity contribution is 4.74. The smallest absolute Gasteiger partial charge is 0.0434 e. The van der Waals surface area contributed by atoms with Crippen LogP contribution in [-0.2, 0) is 0 Å². The molecule has 1 aliphatic carbocycles. The lowest BCUT2D eigenvalue weighted by Crippen LogP contribution is -2.33. The first-order valence-electron chi connectivity index (χ1n) is 7.10. The molecule has 0 radical (unpaired) electrons. The van der Waals surface area contributed by atoms with Crippen LogP contribution in [0.25, 0.3) is 0 Å². The van der Waals surface area contributed by atoms with Gasteiger partial charge in [-0.3, -0.25) is 0 Å². The summed E-state index contributed by atoms with van der Waals surface area (Å²) in [6, 6.07) is 0.734. The van der Waals surface area contributed by atoms with Gasteiger partial charge in [-0.25, -0.2) is 0 Å². The Morgan fingerprint density at radius 2 is 2.06 bits per heavy atom. The summed E-state index contributed by atoms with van der Waals surface area (Å²) in [5.74, 6) is 1.58. The topological polar surface area (TPSA) is 32.3 Å². The molecule has 0 aromatic heterocycles. The van der Waals surface area contributed by atoms with E-state index < -0.39 is 0 Å². The predicted octanol–water partition coefficient (Wildman–Crippen LogP) is 2.95. The fourth-order valence-corrected chi connectivity index (χ4v) is 2.66. The van der Waals surface area contributed by atoms with E-state index in [2.05, 4.69) is 19.2 Å². The van der Waals surface area contributed by atoms with Gasteiger partial charge in [-0.2, -0.15) is 0 Å². The fraction of sp³-hybridized carbons (Fsp3) is 1.00. The van der Waals surface area contributed by atoms with E-state index in [9.17, 15) is 0 Å². The standard InChI is InChI=1S/C14H29NO/c1-3-13(9-10-16)11-15-14-6-4-5-12(2)7-8-14/h12-16H,3-11H2,1-2H3. The molecule has 2 heteroatoms. The van der Waals surface area contributed by atoms with Crippen LogP contribution in [0.3, 0.4) is 0 Å². The summed E-state index contributed by atoms with van der Waals surface area (Å²) >= 11 is 0. The van der Waals surface area contributed by atoms with Crippen LogP contribution in [0.15, 0.2) is 0 Å². The van der Waals surface area contributed by atoms with Gasteiger partial charge in [0, 0.05) is 12.6 Å². The molecule has 0 saturated heterocycles. The second-order valence-electron chi connectivity index (χ2n) is 5.51. The second-order valence-corrected chi connectivity index (χ2v) is 5.51. The second kappa shape index (κ2) is 8.08. The highest BCUT2D eigenvalue weighted by Crippen LogP contribution is 2.22. The van der Waals surface area contributed by atoms with E-state index in [1.807, 2.05) is 0 Å². The largest absolute Gasteiger partial charge is 0.396 e. The predicted molar refractivity (Wildman–Crippen MR) is 69.5 cm³/mol. The third-order valence-electron chi connectivity index (χ3n) is 4.07. The summed E-state index contributed by atoms with van der Waals surface area (Å²) in [7, 11) is 0. The molecule has 2 N–H and O–H groups in total. The van der Waals surface area contributed by atoms with Gasteiger partial charge in [-0.05, 0) is 44.1 Å². The van der Waals surface area contributed by atoms with E-state index in [-0.39, 0.29) is 0 Å². The average Bonchev–Trinajstić information content (AvgIpc) is 2.49. The zero-order valence-electron chi connectivity index (χ0n) is 11.0. The zero-order chi connectivity index (χ0) is 11.8. The van der Waals surface area contributed by atoms with Crippen molar-refractivity contribution >= 4 is 0 Å². The van der Waals surface area contributed by atoms with Crippen molar-refractivity contribution in [2.24, 2.45) is 11.8 Å². The molecule has 3 atom stereocenters. The molecule has 0 aromatic carbocycles. The molecule has 3 unspecified atom stereocenters. The Balaban J connectivity index is 2.20. The Labute approximate surface area is 101 Å². The molecule has 0 bridgehead atoms. The van der Waals surface area contributed by atoms with E-state index in [1.54, 1.807) is 0 Å². The normalized spacial score (nSPS) is 28.7. The highest BCUT2D eigenvalue weighted by Gasteiger charge is 2.16. The summed E-state index contributed by atoms with van der Waals surface area (Å²) in [6.07, 6.45) is 9.00. The highest BCUT2D eigenvalue weighted by atomic mass is 16.3. The number of hydrogen-bond acceptors (Lipinski definition) is 2. The molecule has 16 heavy (non-hydrogen) atoms. The minimum absolute atomic E-state index is 0.335. The quantitative estimate of drug-likeness (QED) is 0.684. The van der Waals surface area contributed by atoms with E-state index >= 15 is 0 Å². The van der Waals surface area contributed by atoms with Crippen LogP contribution in [0, 0.1) is 11.8 Å². The monoisotopic (exact) mass is 227 g/mol. The minimum Gasteiger partial charge on any atom is -0.396 e. The number of hydrogen-bond donors (Lipinski definition) is 2. The van der Waals surface area contributed by atoms with Crippen molar-refractivity contribution in [1.82, 2.24) is 5.32 Å². The summed E-state index contributed by atoms with van der Waals surface area (Å²) in [5, 5.41) is 12.7. The van der Waals surface area contributed by atoms with Crippen LogP contribution in [0.1, 0.15) is 58.8 Å². The van der Waals surface area contributed by atoms with Crippen LogP contribution in [0.4, 0.5) is 0 Å². The van der Waals surface area contributed by atoms with Gasteiger partial charge in [0.2, 0.25) is 0 Å². The SMILES string of the molecule is CCC(CCO)CNC1CCCC(C)CC1. The lowest BCUT2D eigenvalue weighted by molar-refractivity contribution is 0.247. The van der Waals surface area contributed by atoms with Crippen molar-refractivity contribution in [3.8, 4) is 0 Å². The Morgan fingerprint density at radius 1 is 1.25 bits per heavy atom. The lowest BCUT2D eigenvalue weighted by Gasteiger charge is -2.20. The molecule has 0 heterocycles. The Bertz CT molecular complexity index is 172. The van der Waals surface area contributed by atoms with Crippen LogP contribution in [0.5, 0.6) is 0 Å². The number of rotatable bonds is 6. The molecule has 1 saturated carbocycles. The lowest BCUT2D eigenvalue weighted by atomic mass is 10.0. The first-order chi connectivity index (χ1) is 7.76. The Morgan fingerprint density at radius 3 is 2.75 bits per heavy atom. The molecule has 0 aliphatic heterocycles. The maximum atomic E-state index is 8.96. The Hall–Kier alpha value is -0.0800. The summed E-state index contributed by atoms with van der Waals surface area (Å²) in [4.78, 5) is 0. The minimum atomic E-state index is 0.335. The van der Waals surface area contributed by atoms with Crippen molar-refractivity contribution in [2.75, 3.05) is 13.2 Å². The van der Waals surface area contributed by atoms with E-state index in [1.165, 1.54) is 38.5 Å².